The van der Waals surface area contributed by atoms with Gasteiger partial charge in [0.15, 0.2) is 6.26 Å². The molecular weight excluding hydrogens is 448 g/mol. The van der Waals surface area contributed by atoms with Crippen LogP contribution >= 0.6 is 0 Å². The molecule has 190 valence electrons. The van der Waals surface area contributed by atoms with Crippen LogP contribution in [0.3, 0.4) is 0 Å². The Hall–Kier alpha value is -2.86. The third-order valence-corrected chi connectivity index (χ3v) is 8.31. The zero-order valence-corrected chi connectivity index (χ0v) is 21.3. The van der Waals surface area contributed by atoms with Crippen molar-refractivity contribution in [3.05, 3.63) is 54.3 Å². The Kier molecular flexibility index (Phi) is 7.21. The summed E-state index contributed by atoms with van der Waals surface area (Å²) in [4.78, 5) is 0. The number of aromatic nitrogens is 2. The first-order valence-electron chi connectivity index (χ1n) is 14.1. The zero-order valence-electron chi connectivity index (χ0n) is 21.3. The van der Waals surface area contributed by atoms with Crippen LogP contribution in [0.2, 0.25) is 0 Å². The monoisotopic (exact) mass is 486 g/mol. The van der Waals surface area contributed by atoms with Gasteiger partial charge in [0.05, 0.1) is 6.04 Å². The molecule has 1 saturated carbocycles. The van der Waals surface area contributed by atoms with Gasteiger partial charge >= 0.3 is 0 Å². The quantitative estimate of drug-likeness (QED) is 0.291. The third-order valence-electron chi connectivity index (χ3n) is 8.31. The van der Waals surface area contributed by atoms with Gasteiger partial charge in [0.1, 0.15) is 11.2 Å². The van der Waals surface area contributed by atoms with E-state index in [0.29, 0.717) is 6.04 Å². The lowest BCUT2D eigenvalue weighted by Gasteiger charge is -2.44. The van der Waals surface area contributed by atoms with E-state index in [2.05, 4.69) is 62.9 Å². The number of hydrazine groups is 1. The van der Waals surface area contributed by atoms with Gasteiger partial charge < -0.3 is 8.94 Å². The fraction of sp³-hybridized carbons (Fsp3) is 0.533. The van der Waals surface area contributed by atoms with Crippen molar-refractivity contribution in [1.82, 2.24) is 15.4 Å². The van der Waals surface area contributed by atoms with Gasteiger partial charge in [-0.1, -0.05) is 93.2 Å². The number of para-hydroxylation sites is 1. The highest BCUT2D eigenvalue weighted by atomic mass is 16.5. The molecule has 1 saturated heterocycles. The molecule has 6 heteroatoms. The van der Waals surface area contributed by atoms with Crippen molar-refractivity contribution in [3.63, 3.8) is 0 Å². The van der Waals surface area contributed by atoms with Crippen molar-refractivity contribution in [2.24, 2.45) is 0 Å². The van der Waals surface area contributed by atoms with Crippen LogP contribution in [0.15, 0.2) is 57.7 Å². The molecular formula is C30H38N4O2. The molecule has 2 fully saturated rings. The van der Waals surface area contributed by atoms with Gasteiger partial charge in [-0.15, -0.1) is 0 Å². The van der Waals surface area contributed by atoms with Gasteiger partial charge in [-0.25, -0.2) is 5.01 Å². The third kappa shape index (κ3) is 4.75. The second-order valence-corrected chi connectivity index (χ2v) is 10.7. The van der Waals surface area contributed by atoms with E-state index < -0.39 is 0 Å². The summed E-state index contributed by atoms with van der Waals surface area (Å²) in [5.74, 6) is 0.826. The van der Waals surface area contributed by atoms with Crippen LogP contribution in [0.5, 0.6) is 0 Å². The summed E-state index contributed by atoms with van der Waals surface area (Å²) < 4.78 is 11.6. The van der Waals surface area contributed by atoms with E-state index in [4.69, 9.17) is 8.94 Å². The molecule has 6 rings (SSSR count). The molecule has 2 aliphatic rings. The maximum atomic E-state index is 6.30. The lowest BCUT2D eigenvalue weighted by Crippen LogP contribution is -2.51. The molecule has 1 aliphatic heterocycles. The van der Waals surface area contributed by atoms with Crippen LogP contribution in [0, 0.1) is 0 Å². The van der Waals surface area contributed by atoms with Crippen molar-refractivity contribution in [3.8, 4) is 0 Å². The maximum Gasteiger partial charge on any atom is 0.207 e. The van der Waals surface area contributed by atoms with Crippen molar-refractivity contribution < 1.29 is 8.94 Å². The first-order valence-corrected chi connectivity index (χ1v) is 14.1. The van der Waals surface area contributed by atoms with Crippen molar-refractivity contribution in [2.75, 3.05) is 11.6 Å². The van der Waals surface area contributed by atoms with Gasteiger partial charge in [-0.2, -0.15) is 0 Å². The highest BCUT2D eigenvalue weighted by molar-refractivity contribution is 6.07. The largest absolute Gasteiger partial charge is 0.456 e. The Morgan fingerprint density at radius 3 is 2.25 bits per heavy atom. The van der Waals surface area contributed by atoms with Gasteiger partial charge in [0, 0.05) is 28.6 Å². The zero-order chi connectivity index (χ0) is 24.2. The van der Waals surface area contributed by atoms with Gasteiger partial charge in [0.2, 0.25) is 5.82 Å². The number of nitrogens with zero attached hydrogens (tertiary/aromatic N) is 4. The number of benzene rings is 2. The van der Waals surface area contributed by atoms with Crippen LogP contribution in [-0.4, -0.2) is 28.0 Å². The highest BCUT2D eigenvalue weighted by Gasteiger charge is 2.34. The van der Waals surface area contributed by atoms with Gasteiger partial charge in [-0.05, 0) is 43.4 Å². The van der Waals surface area contributed by atoms with E-state index in [1.807, 2.05) is 0 Å². The van der Waals surface area contributed by atoms with Crippen LogP contribution in [0.4, 0.5) is 5.82 Å². The molecule has 0 N–H and O–H groups in total. The van der Waals surface area contributed by atoms with Crippen molar-refractivity contribution in [1.29, 1.82) is 0 Å². The molecule has 0 radical (unpaired) electrons. The Morgan fingerprint density at radius 1 is 0.722 bits per heavy atom. The Morgan fingerprint density at radius 2 is 1.44 bits per heavy atom. The molecule has 6 nitrogen and oxygen atoms in total. The Bertz CT molecular complexity index is 1240. The molecule has 0 spiro atoms. The Labute approximate surface area is 213 Å². The number of anilines is 1. The number of fused-ring (bicyclic) bond motifs is 3. The number of furan rings is 1. The normalized spacial score (nSPS) is 22.0. The molecule has 0 amide bonds. The number of rotatable bonds is 3. The van der Waals surface area contributed by atoms with E-state index in [9.17, 15) is 0 Å². The first kappa shape index (κ1) is 23.5. The average molecular weight is 487 g/mol. The van der Waals surface area contributed by atoms with Gasteiger partial charge in [-0.3, -0.25) is 5.01 Å². The molecule has 4 aromatic rings. The minimum atomic E-state index is 0.146. The first-order chi connectivity index (χ1) is 17.9. The molecule has 0 bridgehead atoms. The minimum absolute atomic E-state index is 0.146. The van der Waals surface area contributed by atoms with E-state index in [0.717, 1.165) is 29.9 Å². The summed E-state index contributed by atoms with van der Waals surface area (Å²) in [7, 11) is 0. The van der Waals surface area contributed by atoms with Crippen molar-refractivity contribution in [2.45, 2.75) is 95.6 Å². The maximum absolute atomic E-state index is 6.30. The summed E-state index contributed by atoms with van der Waals surface area (Å²) in [5.41, 5.74) is 3.22. The van der Waals surface area contributed by atoms with E-state index in [1.165, 1.54) is 93.4 Å². The molecule has 2 aromatic heterocycles. The van der Waals surface area contributed by atoms with E-state index >= 15 is 0 Å². The summed E-state index contributed by atoms with van der Waals surface area (Å²) >= 11 is 0. The average Bonchev–Trinajstić information content (AvgIpc) is 3.59. The summed E-state index contributed by atoms with van der Waals surface area (Å²) in [6, 6.07) is 15.6. The second-order valence-electron chi connectivity index (χ2n) is 10.7. The van der Waals surface area contributed by atoms with E-state index in [1.54, 1.807) is 6.26 Å². The second kappa shape index (κ2) is 11.0. The fourth-order valence-electron chi connectivity index (χ4n) is 6.56. The number of hydrogen-bond acceptors (Lipinski definition) is 6. The van der Waals surface area contributed by atoms with Crippen LogP contribution in [-0.2, 0) is 0 Å². The van der Waals surface area contributed by atoms with Gasteiger partial charge in [0.25, 0.3) is 0 Å². The Balaban J connectivity index is 1.49. The summed E-state index contributed by atoms with van der Waals surface area (Å²) in [5, 5.41) is 16.0. The van der Waals surface area contributed by atoms with Crippen LogP contribution < -0.4 is 5.01 Å². The standard InChI is InChI=1S/C30H38N4O2/c1-2-4-8-15-23(14-7-3-1)33-21-12-6-5-9-18-26(34(33)29-22-35-32-31-29)24-17-13-20-28-30(24)25-16-10-11-19-27(25)36-28/h10-11,13,16-17,19-20,22-23,26H,1-9,12,14-15,18,21H2. The SMILES string of the molecule is c1ccc2c(c1)oc1cccc(C3CCCCCCN(C4CCCCCCCC4)N3c3conn3)c12. The van der Waals surface area contributed by atoms with E-state index in [-0.39, 0.29) is 6.04 Å². The smallest absolute Gasteiger partial charge is 0.207 e. The van der Waals surface area contributed by atoms with Crippen molar-refractivity contribution >= 4 is 27.8 Å². The molecule has 3 heterocycles. The lowest BCUT2D eigenvalue weighted by atomic mass is 9.95. The lowest BCUT2D eigenvalue weighted by molar-refractivity contribution is 0.135. The predicted molar refractivity (Wildman–Crippen MR) is 144 cm³/mol. The number of hydrogen-bond donors (Lipinski definition) is 0. The molecule has 1 unspecified atom stereocenters. The topological polar surface area (TPSA) is 58.5 Å². The molecule has 2 aromatic carbocycles. The summed E-state index contributed by atoms with van der Waals surface area (Å²) in [6.45, 7) is 1.05. The fourth-order valence-corrected chi connectivity index (χ4v) is 6.56. The minimum Gasteiger partial charge on any atom is -0.456 e. The summed E-state index contributed by atoms with van der Waals surface area (Å²) in [6.07, 6.45) is 18.3. The highest BCUT2D eigenvalue weighted by Crippen LogP contribution is 2.41. The van der Waals surface area contributed by atoms with Crippen LogP contribution in [0.25, 0.3) is 21.9 Å². The predicted octanol–water partition coefficient (Wildman–Crippen LogP) is 8.20. The molecule has 1 atom stereocenters. The molecule has 36 heavy (non-hydrogen) atoms. The molecule has 1 aliphatic carbocycles. The van der Waals surface area contributed by atoms with Crippen LogP contribution in [0.1, 0.15) is 95.1 Å².